The molecule has 0 spiro atoms. The van der Waals surface area contributed by atoms with Crippen LogP contribution in [0, 0.1) is 3.57 Å². The van der Waals surface area contributed by atoms with E-state index in [-0.39, 0.29) is 12.2 Å². The summed E-state index contributed by atoms with van der Waals surface area (Å²) in [4.78, 5) is 14.8. The summed E-state index contributed by atoms with van der Waals surface area (Å²) in [7, 11) is 0. The van der Waals surface area contributed by atoms with Crippen LogP contribution in [-0.4, -0.2) is 30.9 Å². The van der Waals surface area contributed by atoms with Crippen LogP contribution in [0.5, 0.6) is 5.75 Å². The molecule has 1 aliphatic heterocycles. The topological polar surface area (TPSA) is 51.3 Å². The Labute approximate surface area is 196 Å². The minimum atomic E-state index is -0.589. The Hall–Kier alpha value is -2.32. The zero-order valence-electron chi connectivity index (χ0n) is 17.9. The first-order chi connectivity index (χ1) is 14.8. The maximum atomic E-state index is 13.1. The third kappa shape index (κ3) is 5.49. The molecule has 3 aromatic rings. The highest BCUT2D eigenvalue weighted by atomic mass is 127. The number of rotatable bonds is 6. The molecule has 1 heterocycles. The molecule has 1 amide bonds. The number of benzene rings is 3. The number of fused-ring (bicyclic) bond motifs is 1. The quantitative estimate of drug-likeness (QED) is 0.282. The van der Waals surface area contributed by atoms with Crippen LogP contribution >= 0.6 is 22.6 Å². The van der Waals surface area contributed by atoms with Crippen LogP contribution in [0.4, 0.5) is 10.5 Å². The summed E-state index contributed by atoms with van der Waals surface area (Å²) in [5.41, 5.74) is 1.27. The van der Waals surface area contributed by atoms with Crippen LogP contribution in [0.1, 0.15) is 26.3 Å². The monoisotopic (exact) mass is 531 g/mol. The second-order valence-corrected chi connectivity index (χ2v) is 9.65. The van der Waals surface area contributed by atoms with Crippen molar-refractivity contribution in [3.63, 3.8) is 0 Å². The van der Waals surface area contributed by atoms with Crippen LogP contribution in [0.2, 0.25) is 0 Å². The number of ether oxygens (including phenoxy) is 3. The predicted octanol–water partition coefficient (Wildman–Crippen LogP) is 6.16. The van der Waals surface area contributed by atoms with Gasteiger partial charge in [-0.25, -0.2) is 4.79 Å². The van der Waals surface area contributed by atoms with Crippen LogP contribution in [-0.2, 0) is 16.1 Å². The van der Waals surface area contributed by atoms with Gasteiger partial charge in [-0.15, -0.1) is 0 Å². The van der Waals surface area contributed by atoms with Gasteiger partial charge in [0.2, 0.25) is 0 Å². The van der Waals surface area contributed by atoms with Crippen molar-refractivity contribution in [3.8, 4) is 5.75 Å². The lowest BCUT2D eigenvalue weighted by Gasteiger charge is -2.28. The molecule has 0 saturated carbocycles. The van der Waals surface area contributed by atoms with Gasteiger partial charge in [-0.3, -0.25) is 4.90 Å². The molecule has 0 radical (unpaired) electrons. The summed E-state index contributed by atoms with van der Waals surface area (Å²) in [5, 5.41) is 2.05. The average molecular weight is 531 g/mol. The number of amides is 1. The van der Waals surface area contributed by atoms with Gasteiger partial charge in [0, 0.05) is 20.4 Å². The molecule has 4 rings (SSSR count). The predicted molar refractivity (Wildman–Crippen MR) is 131 cm³/mol. The summed E-state index contributed by atoms with van der Waals surface area (Å²) < 4.78 is 18.3. The van der Waals surface area contributed by atoms with Crippen molar-refractivity contribution in [1.29, 1.82) is 0 Å². The van der Waals surface area contributed by atoms with Gasteiger partial charge in [0.15, 0.2) is 0 Å². The SMILES string of the molecule is CC(C)(C)OC(=O)N(C[C@@H]1CO1)c1cc(OCc2ccccc2)c2ccccc2c1I. The average Bonchev–Trinajstić information content (AvgIpc) is 3.56. The van der Waals surface area contributed by atoms with Crippen LogP contribution in [0.3, 0.4) is 0 Å². The highest BCUT2D eigenvalue weighted by Crippen LogP contribution is 2.38. The molecule has 3 aromatic carbocycles. The van der Waals surface area contributed by atoms with E-state index in [0.717, 1.165) is 31.3 Å². The van der Waals surface area contributed by atoms with Gasteiger partial charge in [-0.05, 0) is 48.9 Å². The van der Waals surface area contributed by atoms with Gasteiger partial charge >= 0.3 is 6.09 Å². The lowest BCUT2D eigenvalue weighted by atomic mass is 10.1. The fraction of sp³-hybridized carbons (Fsp3) is 0.320. The van der Waals surface area contributed by atoms with Crippen molar-refractivity contribution in [2.75, 3.05) is 18.1 Å². The third-order valence-corrected chi connectivity index (χ3v) is 5.99. The lowest BCUT2D eigenvalue weighted by molar-refractivity contribution is 0.0577. The molecule has 6 heteroatoms. The maximum Gasteiger partial charge on any atom is 0.414 e. The van der Waals surface area contributed by atoms with E-state index in [2.05, 4.69) is 28.7 Å². The normalized spacial score (nSPS) is 15.5. The summed E-state index contributed by atoms with van der Waals surface area (Å²) in [6, 6.07) is 20.1. The summed E-state index contributed by atoms with van der Waals surface area (Å²) in [5.74, 6) is 0.736. The zero-order valence-corrected chi connectivity index (χ0v) is 20.1. The molecule has 0 unspecified atom stereocenters. The number of nitrogens with zero attached hydrogens (tertiary/aromatic N) is 1. The van der Waals surface area contributed by atoms with E-state index in [9.17, 15) is 4.79 Å². The Morgan fingerprint density at radius 2 is 1.74 bits per heavy atom. The van der Waals surface area contributed by atoms with Crippen LogP contribution in [0.25, 0.3) is 10.8 Å². The molecule has 162 valence electrons. The molecule has 5 nitrogen and oxygen atoms in total. The lowest BCUT2D eigenvalue weighted by Crippen LogP contribution is -2.39. The minimum absolute atomic E-state index is 0.0310. The van der Waals surface area contributed by atoms with Crippen molar-refractivity contribution >= 4 is 45.1 Å². The molecular weight excluding hydrogens is 505 g/mol. The van der Waals surface area contributed by atoms with E-state index < -0.39 is 5.60 Å². The largest absolute Gasteiger partial charge is 0.488 e. The number of anilines is 1. The Bertz CT molecular complexity index is 1070. The third-order valence-electron chi connectivity index (χ3n) is 4.85. The van der Waals surface area contributed by atoms with Gasteiger partial charge in [0.1, 0.15) is 18.0 Å². The van der Waals surface area contributed by atoms with Crippen molar-refractivity contribution in [2.24, 2.45) is 0 Å². The Kier molecular flexibility index (Phi) is 6.39. The van der Waals surface area contributed by atoms with E-state index in [1.54, 1.807) is 4.90 Å². The Balaban J connectivity index is 1.74. The van der Waals surface area contributed by atoms with Crippen LogP contribution in [0.15, 0.2) is 60.7 Å². The van der Waals surface area contributed by atoms with Crippen molar-refractivity contribution in [3.05, 3.63) is 69.8 Å². The maximum absolute atomic E-state index is 13.1. The minimum Gasteiger partial charge on any atom is -0.488 e. The summed E-state index contributed by atoms with van der Waals surface area (Å²) in [6.07, 6.45) is -0.353. The van der Waals surface area contributed by atoms with Crippen LogP contribution < -0.4 is 9.64 Å². The highest BCUT2D eigenvalue weighted by Gasteiger charge is 2.33. The zero-order chi connectivity index (χ0) is 22.0. The molecule has 0 aromatic heterocycles. The Morgan fingerprint density at radius 3 is 2.39 bits per heavy atom. The second kappa shape index (κ2) is 9.04. The number of epoxide rings is 1. The number of carbonyl (C=O) groups excluding carboxylic acids is 1. The molecule has 0 bridgehead atoms. The number of hydrogen-bond acceptors (Lipinski definition) is 4. The number of hydrogen-bond donors (Lipinski definition) is 0. The van der Waals surface area contributed by atoms with Crippen molar-refractivity contribution < 1.29 is 19.0 Å². The molecule has 1 saturated heterocycles. The first-order valence-corrected chi connectivity index (χ1v) is 11.4. The smallest absolute Gasteiger partial charge is 0.414 e. The standard InChI is InChI=1S/C25H26INO4/c1-25(2,3)31-24(28)27(14-18-16-29-18)21-13-22(30-15-17-9-5-4-6-10-17)19-11-7-8-12-20(19)23(21)26/h4-13,18H,14-16H2,1-3H3/t18-/m1/s1. The molecule has 0 aliphatic carbocycles. The second-order valence-electron chi connectivity index (χ2n) is 8.57. The molecule has 31 heavy (non-hydrogen) atoms. The van der Waals surface area contributed by atoms with E-state index in [1.165, 1.54) is 0 Å². The molecule has 1 aliphatic rings. The first kappa shape index (κ1) is 21.9. The van der Waals surface area contributed by atoms with E-state index in [0.29, 0.717) is 19.8 Å². The number of halogens is 1. The van der Waals surface area contributed by atoms with Gasteiger partial charge in [-0.2, -0.15) is 0 Å². The van der Waals surface area contributed by atoms with Gasteiger partial charge in [0.25, 0.3) is 0 Å². The summed E-state index contributed by atoms with van der Waals surface area (Å²) in [6.45, 7) is 7.16. The molecule has 1 atom stereocenters. The first-order valence-electron chi connectivity index (χ1n) is 10.3. The fourth-order valence-corrected chi connectivity index (χ4v) is 4.23. The molecule has 1 fully saturated rings. The van der Waals surface area contributed by atoms with Gasteiger partial charge in [-0.1, -0.05) is 54.6 Å². The molecular formula is C25H26INO4. The van der Waals surface area contributed by atoms with Gasteiger partial charge in [0.05, 0.1) is 24.9 Å². The molecule has 0 N–H and O–H groups in total. The Morgan fingerprint density at radius 1 is 1.10 bits per heavy atom. The van der Waals surface area contributed by atoms with E-state index in [1.807, 2.05) is 75.4 Å². The van der Waals surface area contributed by atoms with Crippen molar-refractivity contribution in [2.45, 2.75) is 39.1 Å². The highest BCUT2D eigenvalue weighted by molar-refractivity contribution is 14.1. The number of carbonyl (C=O) groups is 1. The van der Waals surface area contributed by atoms with Gasteiger partial charge < -0.3 is 14.2 Å². The van der Waals surface area contributed by atoms with Crippen molar-refractivity contribution in [1.82, 2.24) is 0 Å². The summed E-state index contributed by atoms with van der Waals surface area (Å²) >= 11 is 2.30. The van der Waals surface area contributed by atoms with E-state index >= 15 is 0 Å². The van der Waals surface area contributed by atoms with E-state index in [4.69, 9.17) is 14.2 Å². The fourth-order valence-electron chi connectivity index (χ4n) is 3.31.